The average Bonchev–Trinajstić information content (AvgIpc) is 2.74. The summed E-state index contributed by atoms with van der Waals surface area (Å²) in [5.41, 5.74) is 0.756. The van der Waals surface area contributed by atoms with Gasteiger partial charge >= 0.3 is 12.1 Å². The van der Waals surface area contributed by atoms with Gasteiger partial charge in [0.1, 0.15) is 5.15 Å². The van der Waals surface area contributed by atoms with Crippen molar-refractivity contribution >= 4 is 29.0 Å². The Kier molecular flexibility index (Phi) is 3.83. The molecule has 9 heteroatoms. The number of anilines is 1. The Balaban J connectivity index is 2.63. The van der Waals surface area contributed by atoms with Crippen molar-refractivity contribution in [2.45, 2.75) is 25.9 Å². The molecule has 2 rings (SSSR count). The maximum Gasteiger partial charge on any atom is 0.471 e. The van der Waals surface area contributed by atoms with Crippen LogP contribution in [0.5, 0.6) is 0 Å². The standard InChI is InChI=1S/C12H12ClF3N4O/c1-6(2)8-9-17-7(13)4-5-20(9)18-10(8)19(3)11(21)12(14,15)16/h4-6H,1-3H3. The molecule has 2 heterocycles. The Morgan fingerprint density at radius 1 is 1.43 bits per heavy atom. The van der Waals surface area contributed by atoms with E-state index in [9.17, 15) is 18.0 Å². The van der Waals surface area contributed by atoms with E-state index < -0.39 is 12.1 Å². The maximum atomic E-state index is 12.6. The largest absolute Gasteiger partial charge is 0.471 e. The molecule has 0 aliphatic rings. The fourth-order valence-corrected chi connectivity index (χ4v) is 2.10. The van der Waals surface area contributed by atoms with E-state index in [1.807, 2.05) is 0 Å². The number of halogens is 4. The molecule has 0 unspecified atom stereocenters. The highest BCUT2D eigenvalue weighted by Crippen LogP contribution is 2.32. The first-order chi connectivity index (χ1) is 9.62. The van der Waals surface area contributed by atoms with E-state index in [4.69, 9.17) is 11.6 Å². The summed E-state index contributed by atoms with van der Waals surface area (Å²) >= 11 is 5.81. The lowest BCUT2D eigenvalue weighted by molar-refractivity contribution is -0.170. The van der Waals surface area contributed by atoms with Crippen molar-refractivity contribution in [1.29, 1.82) is 0 Å². The van der Waals surface area contributed by atoms with Gasteiger partial charge in [0.05, 0.1) is 0 Å². The van der Waals surface area contributed by atoms with Gasteiger partial charge in [-0.05, 0) is 12.0 Å². The lowest BCUT2D eigenvalue weighted by Gasteiger charge is -2.18. The maximum absolute atomic E-state index is 12.6. The van der Waals surface area contributed by atoms with E-state index in [0.717, 1.165) is 7.05 Å². The summed E-state index contributed by atoms with van der Waals surface area (Å²) in [6, 6.07) is 1.46. The summed E-state index contributed by atoms with van der Waals surface area (Å²) < 4.78 is 39.0. The molecule has 0 aromatic carbocycles. The summed E-state index contributed by atoms with van der Waals surface area (Å²) in [7, 11) is 1.03. The van der Waals surface area contributed by atoms with Crippen molar-refractivity contribution in [1.82, 2.24) is 14.6 Å². The predicted molar refractivity (Wildman–Crippen MR) is 71.6 cm³/mol. The monoisotopic (exact) mass is 320 g/mol. The molecule has 0 saturated heterocycles. The molecule has 2 aromatic heterocycles. The van der Waals surface area contributed by atoms with E-state index in [-0.39, 0.29) is 16.9 Å². The lowest BCUT2D eigenvalue weighted by Crippen LogP contribution is -2.39. The van der Waals surface area contributed by atoms with Gasteiger partial charge < -0.3 is 0 Å². The van der Waals surface area contributed by atoms with Gasteiger partial charge in [-0.15, -0.1) is 5.10 Å². The van der Waals surface area contributed by atoms with Crippen molar-refractivity contribution < 1.29 is 18.0 Å². The Hall–Kier alpha value is -1.83. The van der Waals surface area contributed by atoms with Gasteiger partial charge in [-0.3, -0.25) is 9.69 Å². The number of hydrogen-bond donors (Lipinski definition) is 0. The highest BCUT2D eigenvalue weighted by molar-refractivity contribution is 6.29. The van der Waals surface area contributed by atoms with Crippen LogP contribution in [0.25, 0.3) is 5.65 Å². The van der Waals surface area contributed by atoms with Crippen molar-refractivity contribution in [3.63, 3.8) is 0 Å². The lowest BCUT2D eigenvalue weighted by atomic mass is 10.1. The minimum Gasteiger partial charge on any atom is -0.290 e. The smallest absolute Gasteiger partial charge is 0.290 e. The first kappa shape index (κ1) is 15.6. The molecular weight excluding hydrogens is 309 g/mol. The van der Waals surface area contributed by atoms with E-state index in [1.54, 1.807) is 13.8 Å². The van der Waals surface area contributed by atoms with Crippen molar-refractivity contribution in [2.75, 3.05) is 11.9 Å². The Morgan fingerprint density at radius 3 is 2.57 bits per heavy atom. The number of carbonyl (C=O) groups is 1. The van der Waals surface area contributed by atoms with Gasteiger partial charge in [-0.1, -0.05) is 25.4 Å². The number of alkyl halides is 3. The summed E-state index contributed by atoms with van der Waals surface area (Å²) in [4.78, 5) is 15.9. The quantitative estimate of drug-likeness (QED) is 0.799. The van der Waals surface area contributed by atoms with Crippen LogP contribution in [-0.2, 0) is 4.79 Å². The fraction of sp³-hybridized carbons (Fsp3) is 0.417. The number of nitrogens with zero attached hydrogens (tertiary/aromatic N) is 4. The summed E-state index contributed by atoms with van der Waals surface area (Å²) in [6.07, 6.45) is -3.49. The van der Waals surface area contributed by atoms with Crippen LogP contribution in [0.1, 0.15) is 25.3 Å². The van der Waals surface area contributed by atoms with Gasteiger partial charge in [0, 0.05) is 18.8 Å². The van der Waals surface area contributed by atoms with Crippen molar-refractivity contribution in [3.8, 4) is 0 Å². The molecule has 0 N–H and O–H groups in total. The fourth-order valence-electron chi connectivity index (χ4n) is 1.96. The van der Waals surface area contributed by atoms with Crippen LogP contribution in [-0.4, -0.2) is 33.7 Å². The first-order valence-electron chi connectivity index (χ1n) is 6.02. The number of carbonyl (C=O) groups excluding carboxylic acids is 1. The van der Waals surface area contributed by atoms with E-state index in [0.29, 0.717) is 16.1 Å². The highest BCUT2D eigenvalue weighted by atomic mass is 35.5. The molecule has 0 atom stereocenters. The van der Waals surface area contributed by atoms with E-state index in [2.05, 4.69) is 10.1 Å². The minimum atomic E-state index is -4.97. The first-order valence-corrected chi connectivity index (χ1v) is 6.40. The zero-order valence-corrected chi connectivity index (χ0v) is 12.2. The van der Waals surface area contributed by atoms with Crippen molar-refractivity contribution in [3.05, 3.63) is 23.0 Å². The number of amides is 1. The minimum absolute atomic E-state index is 0.0814. The summed E-state index contributed by atoms with van der Waals surface area (Å²) in [6.45, 7) is 3.55. The molecular formula is C12H12ClF3N4O. The van der Waals surface area contributed by atoms with Crippen LogP contribution in [0.15, 0.2) is 12.3 Å². The van der Waals surface area contributed by atoms with Gasteiger partial charge in [0.15, 0.2) is 11.5 Å². The highest BCUT2D eigenvalue weighted by Gasteiger charge is 2.43. The Bertz CT molecular complexity index is 696. The molecule has 0 spiro atoms. The molecule has 114 valence electrons. The normalized spacial score (nSPS) is 12.2. The summed E-state index contributed by atoms with van der Waals surface area (Å²) in [5.74, 6) is -2.26. The molecule has 2 aromatic rings. The second-order valence-electron chi connectivity index (χ2n) is 4.77. The molecule has 0 aliphatic carbocycles. The second kappa shape index (κ2) is 5.18. The molecule has 0 fully saturated rings. The molecule has 0 bridgehead atoms. The van der Waals surface area contributed by atoms with Crippen LogP contribution in [0.4, 0.5) is 19.0 Å². The van der Waals surface area contributed by atoms with E-state index >= 15 is 0 Å². The number of rotatable bonds is 2. The average molecular weight is 321 g/mol. The molecule has 0 aliphatic heterocycles. The Morgan fingerprint density at radius 2 is 2.05 bits per heavy atom. The Labute approximate surface area is 123 Å². The second-order valence-corrected chi connectivity index (χ2v) is 5.16. The molecule has 1 amide bonds. The van der Waals surface area contributed by atoms with Crippen molar-refractivity contribution in [2.24, 2.45) is 0 Å². The molecule has 5 nitrogen and oxygen atoms in total. The summed E-state index contributed by atoms with van der Waals surface area (Å²) in [5, 5.41) is 4.21. The number of aromatic nitrogens is 3. The number of hydrogen-bond acceptors (Lipinski definition) is 3. The van der Waals surface area contributed by atoms with Gasteiger partial charge in [-0.25, -0.2) is 9.50 Å². The van der Waals surface area contributed by atoms with Crippen LogP contribution < -0.4 is 4.90 Å². The molecule has 0 saturated carbocycles. The van der Waals surface area contributed by atoms with Crippen LogP contribution in [0, 0.1) is 0 Å². The third kappa shape index (κ3) is 2.80. The molecule has 21 heavy (non-hydrogen) atoms. The van der Waals surface area contributed by atoms with Gasteiger partial charge in [-0.2, -0.15) is 13.2 Å². The SMILES string of the molecule is CC(C)c1c(N(C)C(=O)C(F)(F)F)nn2ccc(Cl)nc12. The topological polar surface area (TPSA) is 50.5 Å². The zero-order chi connectivity index (χ0) is 15.9. The third-order valence-corrected chi connectivity index (χ3v) is 3.12. The van der Waals surface area contributed by atoms with Crippen LogP contribution >= 0.6 is 11.6 Å². The third-order valence-electron chi connectivity index (χ3n) is 2.91. The molecule has 0 radical (unpaired) electrons. The van der Waals surface area contributed by atoms with E-state index in [1.165, 1.54) is 16.8 Å². The number of fused-ring (bicyclic) bond motifs is 1. The van der Waals surface area contributed by atoms with Crippen LogP contribution in [0.3, 0.4) is 0 Å². The zero-order valence-electron chi connectivity index (χ0n) is 11.4. The van der Waals surface area contributed by atoms with Gasteiger partial charge in [0.2, 0.25) is 0 Å². The van der Waals surface area contributed by atoms with Crippen LogP contribution in [0.2, 0.25) is 5.15 Å². The van der Waals surface area contributed by atoms with Gasteiger partial charge in [0.25, 0.3) is 0 Å². The predicted octanol–water partition coefficient (Wildman–Crippen LogP) is 3.03.